The molecule has 1 saturated heterocycles. The molecule has 0 aromatic heterocycles. The highest BCUT2D eigenvalue weighted by Crippen LogP contribution is 2.46. The molecule has 12 nitrogen and oxygen atoms in total. The molecule has 1 aliphatic carbocycles. The molecule has 3 amide bonds. The minimum atomic E-state index is -1.19. The van der Waals surface area contributed by atoms with E-state index in [9.17, 15) is 29.3 Å². The summed E-state index contributed by atoms with van der Waals surface area (Å²) < 4.78 is 10.8. The van der Waals surface area contributed by atoms with Crippen LogP contribution in [0.1, 0.15) is 49.4 Å². The number of hydrogen-bond acceptors (Lipinski definition) is 8. The molecule has 2 heterocycles. The highest BCUT2D eigenvalue weighted by Gasteiger charge is 2.62. The summed E-state index contributed by atoms with van der Waals surface area (Å²) in [6, 6.07) is 3.50. The Hall–Kier alpha value is -3.96. The fraction of sp³-hybridized carbons (Fsp3) is 0.538. The highest BCUT2D eigenvalue weighted by molar-refractivity contribution is 5.94. The summed E-state index contributed by atoms with van der Waals surface area (Å²) >= 11 is 0. The summed E-state index contributed by atoms with van der Waals surface area (Å²) in [6.07, 6.45) is 6.08. The van der Waals surface area contributed by atoms with Crippen molar-refractivity contribution in [2.75, 3.05) is 26.7 Å². The van der Waals surface area contributed by atoms with Gasteiger partial charge < -0.3 is 24.6 Å². The van der Waals surface area contributed by atoms with E-state index in [1.807, 2.05) is 12.2 Å². The summed E-state index contributed by atoms with van der Waals surface area (Å²) in [7, 11) is 1.67. The number of esters is 2. The largest absolute Gasteiger partial charge is 0.464 e. The van der Waals surface area contributed by atoms with E-state index >= 15 is 0 Å². The second kappa shape index (κ2) is 11.2. The van der Waals surface area contributed by atoms with Crippen LogP contribution in [-0.4, -0.2) is 83.0 Å². The number of urea groups is 1. The summed E-state index contributed by atoms with van der Waals surface area (Å²) in [5.74, 6) is -1.72. The first-order chi connectivity index (χ1) is 18.2. The van der Waals surface area contributed by atoms with E-state index in [2.05, 4.69) is 5.32 Å². The van der Waals surface area contributed by atoms with Crippen molar-refractivity contribution in [1.82, 2.24) is 15.1 Å². The molecule has 2 fully saturated rings. The predicted octanol–water partition coefficient (Wildman–Crippen LogP) is 2.42. The Morgan fingerprint density at radius 3 is 2.63 bits per heavy atom. The van der Waals surface area contributed by atoms with E-state index in [1.54, 1.807) is 18.9 Å². The molecule has 3 aliphatic rings. The van der Waals surface area contributed by atoms with Gasteiger partial charge >= 0.3 is 18.0 Å². The number of ether oxygens (including phenoxy) is 2. The maximum absolute atomic E-state index is 13.5. The molecule has 2 aliphatic heterocycles. The number of likely N-dealkylation sites (N-methyl/N-ethyl adjacent to an activating group) is 1. The molecular weight excluding hydrogens is 496 g/mol. The van der Waals surface area contributed by atoms with Gasteiger partial charge in [0.15, 0.2) is 0 Å². The summed E-state index contributed by atoms with van der Waals surface area (Å²) in [4.78, 5) is 65.6. The average Bonchev–Trinajstić information content (AvgIpc) is 3.42. The summed E-state index contributed by atoms with van der Waals surface area (Å²) in [6.45, 7) is 2.33. The minimum Gasteiger partial charge on any atom is -0.464 e. The Bertz CT molecular complexity index is 1140. The zero-order valence-corrected chi connectivity index (χ0v) is 21.5. The molecule has 1 aromatic rings. The normalized spacial score (nSPS) is 27.5. The van der Waals surface area contributed by atoms with E-state index < -0.39 is 40.6 Å². The minimum absolute atomic E-state index is 0.0474. The van der Waals surface area contributed by atoms with Crippen molar-refractivity contribution >= 4 is 29.6 Å². The van der Waals surface area contributed by atoms with Crippen molar-refractivity contribution in [1.29, 1.82) is 0 Å². The van der Waals surface area contributed by atoms with Crippen LogP contribution in [0.15, 0.2) is 36.4 Å². The van der Waals surface area contributed by atoms with Gasteiger partial charge in [0.2, 0.25) is 5.91 Å². The zero-order chi connectivity index (χ0) is 27.4. The number of allylic oxidation sites excluding steroid dienone is 1. The summed E-state index contributed by atoms with van der Waals surface area (Å²) in [5.41, 5.74) is -1.24. The van der Waals surface area contributed by atoms with Crippen LogP contribution in [0, 0.1) is 16.0 Å². The molecule has 38 heavy (non-hydrogen) atoms. The number of hydrogen-bond donors (Lipinski definition) is 1. The zero-order valence-electron chi connectivity index (χ0n) is 21.5. The number of carbonyl (C=O) groups excluding carboxylic acids is 4. The lowest BCUT2D eigenvalue weighted by molar-refractivity contribution is -0.384. The molecule has 0 spiro atoms. The fourth-order valence-corrected chi connectivity index (χ4v) is 4.99. The molecule has 4 atom stereocenters. The maximum atomic E-state index is 13.5. The van der Waals surface area contributed by atoms with Crippen molar-refractivity contribution in [2.45, 2.75) is 56.7 Å². The lowest BCUT2D eigenvalue weighted by atomic mass is 10.1. The third-order valence-electron chi connectivity index (χ3n) is 7.24. The molecule has 1 N–H and O–H groups in total. The maximum Gasteiger partial charge on any atom is 0.338 e. The number of nitro benzene ring substituents is 1. The first-order valence-corrected chi connectivity index (χ1v) is 12.8. The number of nitro groups is 1. The number of carbonyl (C=O) groups is 4. The molecule has 0 radical (unpaired) electrons. The Balaban J connectivity index is 1.54. The van der Waals surface area contributed by atoms with Crippen molar-refractivity contribution < 1.29 is 33.6 Å². The van der Waals surface area contributed by atoms with Crippen LogP contribution in [0.5, 0.6) is 0 Å². The van der Waals surface area contributed by atoms with Gasteiger partial charge in [0.1, 0.15) is 17.7 Å². The smallest absolute Gasteiger partial charge is 0.338 e. The van der Waals surface area contributed by atoms with Gasteiger partial charge in [0, 0.05) is 38.1 Å². The molecule has 1 aromatic carbocycles. The van der Waals surface area contributed by atoms with Crippen LogP contribution in [0.2, 0.25) is 0 Å². The third-order valence-corrected chi connectivity index (χ3v) is 7.24. The third kappa shape index (κ3) is 5.63. The van der Waals surface area contributed by atoms with Crippen molar-refractivity contribution in [3.8, 4) is 0 Å². The molecule has 204 valence electrons. The van der Waals surface area contributed by atoms with E-state index in [1.165, 1.54) is 29.2 Å². The molecular formula is C26H32N4O8. The van der Waals surface area contributed by atoms with Gasteiger partial charge in [0.05, 0.1) is 23.6 Å². The number of non-ortho nitro benzene ring substituents is 1. The second-order valence-electron chi connectivity index (χ2n) is 9.85. The molecule has 1 unspecified atom stereocenters. The number of nitrogens with zero attached hydrogens (tertiary/aromatic N) is 3. The Labute approximate surface area is 220 Å². The monoisotopic (exact) mass is 528 g/mol. The topological polar surface area (TPSA) is 148 Å². The van der Waals surface area contributed by atoms with Gasteiger partial charge in [-0.25, -0.2) is 14.4 Å². The van der Waals surface area contributed by atoms with Crippen molar-refractivity contribution in [3.63, 3.8) is 0 Å². The van der Waals surface area contributed by atoms with Gasteiger partial charge in [-0.2, -0.15) is 0 Å². The van der Waals surface area contributed by atoms with Crippen molar-refractivity contribution in [2.24, 2.45) is 5.92 Å². The predicted molar refractivity (Wildman–Crippen MR) is 134 cm³/mol. The lowest BCUT2D eigenvalue weighted by Gasteiger charge is -2.29. The van der Waals surface area contributed by atoms with Crippen molar-refractivity contribution in [3.05, 3.63) is 52.1 Å². The second-order valence-corrected chi connectivity index (χ2v) is 9.85. The van der Waals surface area contributed by atoms with Crippen LogP contribution >= 0.6 is 0 Å². The lowest BCUT2D eigenvalue weighted by Crippen LogP contribution is -2.55. The molecule has 4 rings (SSSR count). The highest BCUT2D eigenvalue weighted by atomic mass is 16.6. The van der Waals surface area contributed by atoms with E-state index in [4.69, 9.17) is 9.47 Å². The van der Waals surface area contributed by atoms with Crippen LogP contribution in [-0.2, 0) is 19.1 Å². The first kappa shape index (κ1) is 27.1. The molecule has 1 saturated carbocycles. The Kier molecular flexibility index (Phi) is 7.98. The van der Waals surface area contributed by atoms with Crippen LogP contribution in [0.25, 0.3) is 0 Å². The molecule has 12 heteroatoms. The van der Waals surface area contributed by atoms with Crippen LogP contribution in [0.4, 0.5) is 10.5 Å². The van der Waals surface area contributed by atoms with Gasteiger partial charge in [-0.15, -0.1) is 0 Å². The number of nitrogens with one attached hydrogen (secondary N) is 1. The van der Waals surface area contributed by atoms with Gasteiger partial charge in [-0.1, -0.05) is 12.2 Å². The summed E-state index contributed by atoms with van der Waals surface area (Å²) in [5, 5.41) is 13.7. The van der Waals surface area contributed by atoms with Crippen LogP contribution in [0.3, 0.4) is 0 Å². The van der Waals surface area contributed by atoms with E-state index in [0.717, 1.165) is 19.3 Å². The van der Waals surface area contributed by atoms with Gasteiger partial charge in [0.25, 0.3) is 5.69 Å². The standard InChI is InChI=1S/C26H32N4O8/c1-3-37-24(33)26-15-18(26)8-6-4-5-7-13-28(2)22(31)21-14-20(16-29(21)25(34)27-26)38-23(32)17-9-11-19(12-10-17)30(35)36/h6,8-12,18,20-21H,3-5,7,13-16H2,1-2H3,(H,27,34)/t18-,20+,21?,26-/m1/s1. The Morgan fingerprint density at radius 2 is 1.95 bits per heavy atom. The SMILES string of the molecule is CCOC(=O)[C@@]12C[C@H]1C=CCCCCN(C)C(=O)C1C[C@H](OC(=O)c3ccc([N+](=O)[O-])cc3)CN1C(=O)N2. The van der Waals surface area contributed by atoms with Gasteiger partial charge in [-0.05, 0) is 44.7 Å². The first-order valence-electron chi connectivity index (χ1n) is 12.8. The number of rotatable bonds is 5. The molecule has 0 bridgehead atoms. The van der Waals surface area contributed by atoms with E-state index in [-0.39, 0.29) is 42.6 Å². The average molecular weight is 529 g/mol. The quantitative estimate of drug-likeness (QED) is 0.265. The fourth-order valence-electron chi connectivity index (χ4n) is 4.99. The van der Waals surface area contributed by atoms with E-state index in [0.29, 0.717) is 13.0 Å². The Morgan fingerprint density at radius 1 is 1.21 bits per heavy atom. The van der Waals surface area contributed by atoms with Gasteiger partial charge in [-0.3, -0.25) is 14.9 Å². The number of amides is 3. The number of benzene rings is 1. The number of fused-ring (bicyclic) bond motifs is 2. The van der Waals surface area contributed by atoms with Crippen LogP contribution < -0.4 is 5.32 Å².